The highest BCUT2D eigenvalue weighted by Crippen LogP contribution is 2.37. The summed E-state index contributed by atoms with van der Waals surface area (Å²) in [7, 11) is 1.59. The largest absolute Gasteiger partial charge is 0.358 e. The Labute approximate surface area is 159 Å². The van der Waals surface area contributed by atoms with E-state index in [-0.39, 0.29) is 18.3 Å². The molecule has 1 amide bonds. The standard InChI is InChI=1S/C18H14ClN3OS.ClH/c1-20-17(23)14(19)16-15(11-7-3-2-4-8-11)21-18-22(16)12-9-5-6-10-13(12)24-18;/h2-10,14H,1H3,(H,20,23);1H. The van der Waals surface area contributed by atoms with E-state index in [4.69, 9.17) is 16.6 Å². The molecule has 0 saturated carbocycles. The van der Waals surface area contributed by atoms with Crippen molar-refractivity contribution in [2.45, 2.75) is 5.38 Å². The highest BCUT2D eigenvalue weighted by Gasteiger charge is 2.27. The molecular formula is C18H15Cl2N3OS. The van der Waals surface area contributed by atoms with Crippen LogP contribution in [0.3, 0.4) is 0 Å². The molecule has 0 saturated heterocycles. The Kier molecular flexibility index (Phi) is 4.99. The van der Waals surface area contributed by atoms with Gasteiger partial charge in [0.15, 0.2) is 10.3 Å². The number of amides is 1. The first-order chi connectivity index (χ1) is 11.7. The molecule has 2 heterocycles. The molecule has 0 bridgehead atoms. The number of aromatic nitrogens is 2. The molecule has 1 atom stereocenters. The average Bonchev–Trinajstić information content (AvgIpc) is 3.17. The number of hydrogen-bond donors (Lipinski definition) is 1. The van der Waals surface area contributed by atoms with Gasteiger partial charge in [-0.1, -0.05) is 53.8 Å². The van der Waals surface area contributed by atoms with Gasteiger partial charge in [-0.05, 0) is 12.1 Å². The third-order valence-electron chi connectivity index (χ3n) is 3.95. The second-order valence-corrected chi connectivity index (χ2v) is 6.82. The lowest BCUT2D eigenvalue weighted by molar-refractivity contribution is -0.120. The summed E-state index contributed by atoms with van der Waals surface area (Å²) in [6.45, 7) is 0. The fourth-order valence-corrected chi connectivity index (χ4v) is 4.17. The van der Waals surface area contributed by atoms with E-state index in [9.17, 15) is 4.79 Å². The maximum Gasteiger partial charge on any atom is 0.243 e. The van der Waals surface area contributed by atoms with Crippen LogP contribution in [0.25, 0.3) is 26.4 Å². The first-order valence-corrected chi connectivity index (χ1v) is 8.77. The van der Waals surface area contributed by atoms with Crippen molar-refractivity contribution in [2.24, 2.45) is 0 Å². The van der Waals surface area contributed by atoms with Gasteiger partial charge in [0.2, 0.25) is 5.91 Å². The number of carbonyl (C=O) groups excluding carboxylic acids is 1. The molecule has 2 aromatic heterocycles. The summed E-state index contributed by atoms with van der Waals surface area (Å²) in [6.07, 6.45) is 0. The summed E-state index contributed by atoms with van der Waals surface area (Å²) < 4.78 is 3.11. The van der Waals surface area contributed by atoms with E-state index in [1.54, 1.807) is 18.4 Å². The summed E-state index contributed by atoms with van der Waals surface area (Å²) in [5, 5.41) is 1.81. The van der Waals surface area contributed by atoms with Gasteiger partial charge in [0.25, 0.3) is 0 Å². The molecule has 0 aliphatic rings. The number of rotatable bonds is 3. The topological polar surface area (TPSA) is 46.4 Å². The molecule has 4 rings (SSSR count). The van der Waals surface area contributed by atoms with Crippen LogP contribution < -0.4 is 5.32 Å². The number of alkyl halides is 1. The Morgan fingerprint density at radius 1 is 1.16 bits per heavy atom. The lowest BCUT2D eigenvalue weighted by Crippen LogP contribution is -2.23. The van der Waals surface area contributed by atoms with Crippen LogP contribution in [0.4, 0.5) is 0 Å². The molecule has 1 unspecified atom stereocenters. The van der Waals surface area contributed by atoms with Gasteiger partial charge in [0.1, 0.15) is 0 Å². The summed E-state index contributed by atoms with van der Waals surface area (Å²) >= 11 is 8.11. The molecule has 128 valence electrons. The lowest BCUT2D eigenvalue weighted by atomic mass is 10.1. The highest BCUT2D eigenvalue weighted by molar-refractivity contribution is 7.23. The maximum absolute atomic E-state index is 12.2. The molecule has 0 aliphatic carbocycles. The number of halogens is 2. The van der Waals surface area contributed by atoms with E-state index in [0.29, 0.717) is 5.69 Å². The van der Waals surface area contributed by atoms with E-state index in [2.05, 4.69) is 5.32 Å². The van der Waals surface area contributed by atoms with E-state index in [1.807, 2.05) is 59.0 Å². The molecule has 4 aromatic rings. The fraction of sp³-hybridized carbons (Fsp3) is 0.111. The van der Waals surface area contributed by atoms with Gasteiger partial charge in [-0.25, -0.2) is 4.98 Å². The number of carbonyl (C=O) groups is 1. The van der Waals surface area contributed by atoms with Crippen molar-refractivity contribution in [3.63, 3.8) is 0 Å². The Hall–Kier alpha value is -2.08. The lowest BCUT2D eigenvalue weighted by Gasteiger charge is -2.10. The van der Waals surface area contributed by atoms with Crippen LogP contribution in [-0.2, 0) is 4.79 Å². The second kappa shape index (κ2) is 7.04. The zero-order valence-corrected chi connectivity index (χ0v) is 15.7. The van der Waals surface area contributed by atoms with E-state index < -0.39 is 5.38 Å². The predicted molar refractivity (Wildman–Crippen MR) is 106 cm³/mol. The van der Waals surface area contributed by atoms with Gasteiger partial charge in [-0.3, -0.25) is 9.20 Å². The van der Waals surface area contributed by atoms with Crippen LogP contribution in [0, 0.1) is 0 Å². The normalized spacial score (nSPS) is 12.1. The number of benzene rings is 2. The number of imidazole rings is 1. The molecule has 25 heavy (non-hydrogen) atoms. The van der Waals surface area contributed by atoms with Gasteiger partial charge in [0, 0.05) is 12.6 Å². The van der Waals surface area contributed by atoms with Gasteiger partial charge < -0.3 is 5.32 Å². The minimum absolute atomic E-state index is 0. The monoisotopic (exact) mass is 391 g/mol. The Balaban J connectivity index is 0.00000182. The quantitative estimate of drug-likeness (QED) is 0.516. The van der Waals surface area contributed by atoms with Crippen LogP contribution in [0.5, 0.6) is 0 Å². The average molecular weight is 392 g/mol. The van der Waals surface area contributed by atoms with Crippen molar-refractivity contribution in [1.82, 2.24) is 14.7 Å². The molecule has 4 nitrogen and oxygen atoms in total. The van der Waals surface area contributed by atoms with E-state index >= 15 is 0 Å². The Morgan fingerprint density at radius 2 is 1.84 bits per heavy atom. The second-order valence-electron chi connectivity index (χ2n) is 5.38. The predicted octanol–water partition coefficient (Wildman–Crippen LogP) is 4.66. The molecule has 0 aliphatic heterocycles. The van der Waals surface area contributed by atoms with E-state index in [0.717, 1.165) is 26.4 Å². The number of nitrogens with one attached hydrogen (secondary N) is 1. The molecule has 0 radical (unpaired) electrons. The van der Waals surface area contributed by atoms with Crippen LogP contribution >= 0.6 is 35.3 Å². The summed E-state index contributed by atoms with van der Waals surface area (Å²) in [5.74, 6) is -0.245. The van der Waals surface area contributed by atoms with Crippen LogP contribution in [0.2, 0.25) is 0 Å². The van der Waals surface area contributed by atoms with Gasteiger partial charge in [0.05, 0.1) is 21.6 Å². The highest BCUT2D eigenvalue weighted by atomic mass is 35.5. The Bertz CT molecular complexity index is 1040. The van der Waals surface area contributed by atoms with Gasteiger partial charge in [-0.2, -0.15) is 0 Å². The summed E-state index contributed by atoms with van der Waals surface area (Å²) in [6, 6.07) is 17.8. The van der Waals surface area contributed by atoms with Crippen molar-refractivity contribution in [1.29, 1.82) is 0 Å². The first-order valence-electron chi connectivity index (χ1n) is 7.51. The summed E-state index contributed by atoms with van der Waals surface area (Å²) in [4.78, 5) is 17.8. The maximum atomic E-state index is 12.2. The zero-order valence-electron chi connectivity index (χ0n) is 13.3. The minimum atomic E-state index is -0.821. The number of thiazole rings is 1. The van der Waals surface area contributed by atoms with Crippen molar-refractivity contribution < 1.29 is 4.79 Å². The van der Waals surface area contributed by atoms with Crippen molar-refractivity contribution >= 4 is 56.4 Å². The summed E-state index contributed by atoms with van der Waals surface area (Å²) in [5.41, 5.74) is 3.41. The van der Waals surface area contributed by atoms with Crippen molar-refractivity contribution in [2.75, 3.05) is 7.05 Å². The Morgan fingerprint density at radius 3 is 2.56 bits per heavy atom. The first kappa shape index (κ1) is 17.7. The molecule has 2 aromatic carbocycles. The smallest absolute Gasteiger partial charge is 0.243 e. The number of fused-ring (bicyclic) bond motifs is 3. The molecule has 0 fully saturated rings. The van der Waals surface area contributed by atoms with Crippen LogP contribution in [0.1, 0.15) is 11.1 Å². The third-order valence-corrected chi connectivity index (χ3v) is 5.38. The number of nitrogens with zero attached hydrogens (tertiary/aromatic N) is 2. The van der Waals surface area contributed by atoms with E-state index in [1.165, 1.54) is 0 Å². The minimum Gasteiger partial charge on any atom is -0.358 e. The van der Waals surface area contributed by atoms with Gasteiger partial charge in [-0.15, -0.1) is 24.0 Å². The van der Waals surface area contributed by atoms with Crippen molar-refractivity contribution in [3.8, 4) is 11.3 Å². The van der Waals surface area contributed by atoms with Crippen molar-refractivity contribution in [3.05, 3.63) is 60.3 Å². The molecule has 7 heteroatoms. The van der Waals surface area contributed by atoms with Gasteiger partial charge >= 0.3 is 0 Å². The molecule has 1 N–H and O–H groups in total. The fourth-order valence-electron chi connectivity index (χ4n) is 2.83. The number of likely N-dealkylation sites (N-methyl/N-ethyl adjacent to an activating group) is 1. The van der Waals surface area contributed by atoms with Crippen LogP contribution in [-0.4, -0.2) is 22.3 Å². The number of hydrogen-bond acceptors (Lipinski definition) is 3. The molecule has 0 spiro atoms. The van der Waals surface area contributed by atoms with Crippen LogP contribution in [0.15, 0.2) is 54.6 Å². The number of para-hydroxylation sites is 1. The molecular weight excluding hydrogens is 377 g/mol. The zero-order chi connectivity index (χ0) is 16.7. The SMILES string of the molecule is CNC(=O)C(Cl)c1c(-c2ccccc2)nc2sc3ccccc3n12.Cl. The third kappa shape index (κ3) is 2.88.